The minimum atomic E-state index is 0.123. The predicted molar refractivity (Wildman–Crippen MR) is 57.8 cm³/mol. The van der Waals surface area contributed by atoms with E-state index in [1.165, 1.54) is 0 Å². The van der Waals surface area contributed by atoms with Crippen molar-refractivity contribution in [2.45, 2.75) is 38.3 Å². The van der Waals surface area contributed by atoms with Crippen LogP contribution in [0.1, 0.15) is 32.1 Å². The summed E-state index contributed by atoms with van der Waals surface area (Å²) in [5.41, 5.74) is 0.123. The lowest BCUT2D eigenvalue weighted by Crippen LogP contribution is -2.51. The maximum atomic E-state index is 5.81. The van der Waals surface area contributed by atoms with Crippen molar-refractivity contribution < 1.29 is 4.74 Å². The van der Waals surface area contributed by atoms with Crippen LogP contribution in [0.15, 0.2) is 6.33 Å². The highest BCUT2D eigenvalue weighted by molar-refractivity contribution is 6.16. The van der Waals surface area contributed by atoms with Crippen LogP contribution in [0.5, 0.6) is 0 Å². The number of nitrogens with zero attached hydrogens (tertiary/aromatic N) is 3. The van der Waals surface area contributed by atoms with Crippen molar-refractivity contribution in [3.05, 3.63) is 12.2 Å². The zero-order valence-electron chi connectivity index (χ0n) is 9.27. The van der Waals surface area contributed by atoms with Crippen LogP contribution in [0.3, 0.4) is 0 Å². The molecule has 1 aromatic heterocycles. The second kappa shape index (κ2) is 3.76. The molecule has 4 nitrogen and oxygen atoms in total. The molecule has 1 saturated carbocycles. The van der Waals surface area contributed by atoms with Gasteiger partial charge in [-0.05, 0) is 6.42 Å². The van der Waals surface area contributed by atoms with Gasteiger partial charge < -0.3 is 9.30 Å². The summed E-state index contributed by atoms with van der Waals surface area (Å²) in [6, 6.07) is 0.395. The number of hydrogen-bond donors (Lipinski definition) is 0. The van der Waals surface area contributed by atoms with Gasteiger partial charge in [0.15, 0.2) is 0 Å². The monoisotopic (exact) mass is 229 g/mol. The molecule has 2 atom stereocenters. The van der Waals surface area contributed by atoms with Gasteiger partial charge >= 0.3 is 0 Å². The van der Waals surface area contributed by atoms with E-state index in [4.69, 9.17) is 16.3 Å². The fraction of sp³-hybridized carbons (Fsp3) is 0.800. The van der Waals surface area contributed by atoms with E-state index in [9.17, 15) is 0 Å². The van der Waals surface area contributed by atoms with E-state index in [1.807, 2.05) is 0 Å². The van der Waals surface area contributed by atoms with Crippen LogP contribution < -0.4 is 0 Å². The second-order valence-electron chi connectivity index (χ2n) is 4.59. The molecule has 0 radical (unpaired) electrons. The Kier molecular flexibility index (Phi) is 2.73. The van der Waals surface area contributed by atoms with Gasteiger partial charge in [-0.15, -0.1) is 21.8 Å². The van der Waals surface area contributed by atoms with Crippen LogP contribution in [0.25, 0.3) is 0 Å². The molecule has 5 heteroatoms. The first-order valence-electron chi connectivity index (χ1n) is 5.08. The molecule has 0 aromatic carbocycles. The van der Waals surface area contributed by atoms with Crippen LogP contribution in [-0.2, 0) is 10.6 Å². The first-order chi connectivity index (χ1) is 7.11. The van der Waals surface area contributed by atoms with Gasteiger partial charge in [0.25, 0.3) is 0 Å². The van der Waals surface area contributed by atoms with Crippen LogP contribution in [0, 0.1) is 5.41 Å². The lowest BCUT2D eigenvalue weighted by atomic mass is 9.64. The molecule has 1 aliphatic carbocycles. The third kappa shape index (κ3) is 1.56. The Bertz CT molecular complexity index is 350. The topological polar surface area (TPSA) is 39.9 Å². The van der Waals surface area contributed by atoms with Crippen molar-refractivity contribution in [3.8, 4) is 0 Å². The van der Waals surface area contributed by atoms with Crippen molar-refractivity contribution in [1.82, 2.24) is 14.8 Å². The van der Waals surface area contributed by atoms with Gasteiger partial charge in [-0.1, -0.05) is 13.8 Å². The third-order valence-corrected chi connectivity index (χ3v) is 3.75. The van der Waals surface area contributed by atoms with Gasteiger partial charge in [-0.25, -0.2) is 0 Å². The molecule has 84 valence electrons. The first-order valence-corrected chi connectivity index (χ1v) is 5.61. The highest BCUT2D eigenvalue weighted by Gasteiger charge is 2.50. The summed E-state index contributed by atoms with van der Waals surface area (Å²) in [5.74, 6) is 1.24. The molecule has 2 unspecified atom stereocenters. The average Bonchev–Trinajstić information content (AvgIpc) is 2.64. The van der Waals surface area contributed by atoms with Crippen molar-refractivity contribution in [3.63, 3.8) is 0 Å². The predicted octanol–water partition coefficient (Wildman–Crippen LogP) is 2.00. The molecule has 1 aliphatic rings. The third-order valence-electron chi connectivity index (χ3n) is 3.51. The van der Waals surface area contributed by atoms with Gasteiger partial charge in [0.2, 0.25) is 0 Å². The number of halogens is 1. The fourth-order valence-corrected chi connectivity index (χ4v) is 2.55. The molecule has 0 bridgehead atoms. The van der Waals surface area contributed by atoms with Gasteiger partial charge in [0.05, 0.1) is 12.0 Å². The number of ether oxygens (including phenoxy) is 1. The lowest BCUT2D eigenvalue weighted by molar-refractivity contribution is -0.113. The van der Waals surface area contributed by atoms with E-state index in [1.54, 1.807) is 13.4 Å². The molecule has 1 heterocycles. The first kappa shape index (κ1) is 10.9. The summed E-state index contributed by atoms with van der Waals surface area (Å²) >= 11 is 5.81. The number of aromatic nitrogens is 3. The minimum absolute atomic E-state index is 0.123. The Hall–Kier alpha value is -0.610. The van der Waals surface area contributed by atoms with Crippen molar-refractivity contribution in [2.75, 3.05) is 7.11 Å². The minimum Gasteiger partial charge on any atom is -0.381 e. The Morgan fingerprint density at radius 2 is 2.40 bits per heavy atom. The Balaban J connectivity index is 2.21. The van der Waals surface area contributed by atoms with Crippen LogP contribution in [0.2, 0.25) is 0 Å². The standard InChI is InChI=1S/C10H16ClN3O/c1-10(2)7(4-8(10)15-3)14-6-12-13-9(14)5-11/h6-8H,4-5H2,1-3H3. The van der Waals surface area contributed by atoms with E-state index in [2.05, 4.69) is 28.6 Å². The Morgan fingerprint density at radius 1 is 1.67 bits per heavy atom. The molecular weight excluding hydrogens is 214 g/mol. The summed E-state index contributed by atoms with van der Waals surface area (Å²) in [6.45, 7) is 4.40. The van der Waals surface area contributed by atoms with Crippen LogP contribution >= 0.6 is 11.6 Å². The van der Waals surface area contributed by atoms with E-state index < -0.39 is 0 Å². The smallest absolute Gasteiger partial charge is 0.148 e. The van der Waals surface area contributed by atoms with Gasteiger partial charge in [0.1, 0.15) is 12.2 Å². The maximum absolute atomic E-state index is 5.81. The largest absolute Gasteiger partial charge is 0.381 e. The summed E-state index contributed by atoms with van der Waals surface area (Å²) in [7, 11) is 1.76. The van der Waals surface area contributed by atoms with Gasteiger partial charge in [0, 0.05) is 18.6 Å². The van der Waals surface area contributed by atoms with Gasteiger partial charge in [-0.3, -0.25) is 0 Å². The summed E-state index contributed by atoms with van der Waals surface area (Å²) in [6.07, 6.45) is 3.08. The molecule has 1 fully saturated rings. The number of alkyl halides is 1. The van der Waals surface area contributed by atoms with E-state index in [-0.39, 0.29) is 5.41 Å². The quantitative estimate of drug-likeness (QED) is 0.745. The number of rotatable bonds is 3. The summed E-state index contributed by atoms with van der Waals surface area (Å²) < 4.78 is 7.49. The molecule has 0 aliphatic heterocycles. The van der Waals surface area contributed by atoms with E-state index in [0.717, 1.165) is 12.2 Å². The normalized spacial score (nSPS) is 28.8. The average molecular weight is 230 g/mol. The highest BCUT2D eigenvalue weighted by atomic mass is 35.5. The molecule has 2 rings (SSSR count). The van der Waals surface area contributed by atoms with Crippen LogP contribution in [-0.4, -0.2) is 28.0 Å². The SMILES string of the molecule is COC1CC(n2cnnc2CCl)C1(C)C. The molecule has 0 saturated heterocycles. The van der Waals surface area contributed by atoms with Crippen molar-refractivity contribution in [1.29, 1.82) is 0 Å². The molecule has 15 heavy (non-hydrogen) atoms. The van der Waals surface area contributed by atoms with Crippen LogP contribution in [0.4, 0.5) is 0 Å². The number of hydrogen-bond acceptors (Lipinski definition) is 3. The van der Waals surface area contributed by atoms with Gasteiger partial charge in [-0.2, -0.15) is 0 Å². The Labute approximate surface area is 94.6 Å². The maximum Gasteiger partial charge on any atom is 0.148 e. The molecule has 0 spiro atoms. The Morgan fingerprint density at radius 3 is 2.93 bits per heavy atom. The molecular formula is C10H16ClN3O. The summed E-state index contributed by atoms with van der Waals surface area (Å²) in [5, 5.41) is 7.89. The zero-order valence-corrected chi connectivity index (χ0v) is 10.0. The second-order valence-corrected chi connectivity index (χ2v) is 4.85. The fourth-order valence-electron chi connectivity index (χ4n) is 2.36. The van der Waals surface area contributed by atoms with E-state index in [0.29, 0.717) is 18.0 Å². The highest BCUT2D eigenvalue weighted by Crippen LogP contribution is 2.51. The molecule has 0 amide bonds. The zero-order chi connectivity index (χ0) is 11.1. The molecule has 0 N–H and O–H groups in total. The van der Waals surface area contributed by atoms with Crippen molar-refractivity contribution >= 4 is 11.6 Å². The summed E-state index contributed by atoms with van der Waals surface area (Å²) in [4.78, 5) is 0. The molecule has 1 aromatic rings. The van der Waals surface area contributed by atoms with Crippen molar-refractivity contribution in [2.24, 2.45) is 5.41 Å². The lowest BCUT2D eigenvalue weighted by Gasteiger charge is -2.51. The van der Waals surface area contributed by atoms with E-state index >= 15 is 0 Å². The number of methoxy groups -OCH3 is 1.